The molecule has 26 heavy (non-hydrogen) atoms. The van der Waals surface area contributed by atoms with Crippen LogP contribution < -0.4 is 10.1 Å². The molecule has 0 spiro atoms. The summed E-state index contributed by atoms with van der Waals surface area (Å²) >= 11 is 0. The summed E-state index contributed by atoms with van der Waals surface area (Å²) in [6, 6.07) is 9.10. The van der Waals surface area contributed by atoms with Gasteiger partial charge >= 0.3 is 6.03 Å². The molecule has 1 atom stereocenters. The maximum absolute atomic E-state index is 12.5. The zero-order valence-electron chi connectivity index (χ0n) is 15.6. The van der Waals surface area contributed by atoms with Crippen molar-refractivity contribution in [3.8, 4) is 5.75 Å². The lowest BCUT2D eigenvalue weighted by Crippen LogP contribution is -2.49. The third-order valence-electron chi connectivity index (χ3n) is 4.31. The molecule has 0 aliphatic carbocycles. The molecule has 2 rings (SSSR count). The number of nitrogens with zero attached hydrogens (tertiary/aromatic N) is 2. The highest BCUT2D eigenvalue weighted by Crippen LogP contribution is 2.18. The minimum Gasteiger partial charge on any atom is -0.494 e. The monoisotopic (exact) mass is 383 g/mol. The van der Waals surface area contributed by atoms with Gasteiger partial charge in [-0.15, -0.1) is 0 Å². The van der Waals surface area contributed by atoms with Gasteiger partial charge in [-0.1, -0.05) is 18.2 Å². The van der Waals surface area contributed by atoms with Gasteiger partial charge in [0.2, 0.25) is 0 Å². The van der Waals surface area contributed by atoms with Gasteiger partial charge in [-0.2, -0.15) is 0 Å². The van der Waals surface area contributed by atoms with Gasteiger partial charge in [0.15, 0.2) is 9.84 Å². The van der Waals surface area contributed by atoms with Crippen LogP contribution in [0.15, 0.2) is 30.3 Å². The van der Waals surface area contributed by atoms with E-state index in [4.69, 9.17) is 4.74 Å². The summed E-state index contributed by atoms with van der Waals surface area (Å²) in [7, 11) is 0.838. The number of ether oxygens (including phenoxy) is 1. The number of likely N-dealkylation sites (N-methyl/N-ethyl adjacent to an activating group) is 1. The van der Waals surface area contributed by atoms with Crippen LogP contribution in [-0.2, 0) is 9.84 Å². The molecule has 0 aromatic heterocycles. The van der Waals surface area contributed by atoms with Gasteiger partial charge in [0.25, 0.3) is 0 Å². The lowest BCUT2D eigenvalue weighted by molar-refractivity contribution is 0.172. The van der Waals surface area contributed by atoms with Crippen LogP contribution in [0.5, 0.6) is 5.75 Å². The number of urea groups is 1. The van der Waals surface area contributed by atoms with E-state index in [0.29, 0.717) is 39.1 Å². The second-order valence-electron chi connectivity index (χ2n) is 6.80. The first-order chi connectivity index (χ1) is 12.4. The van der Waals surface area contributed by atoms with Crippen molar-refractivity contribution in [3.05, 3.63) is 30.3 Å². The number of rotatable bonds is 9. The molecule has 1 N–H and O–H groups in total. The first-order valence-electron chi connectivity index (χ1n) is 8.95. The Balaban J connectivity index is 1.78. The fraction of sp³-hybridized carbons (Fsp3) is 0.611. The lowest BCUT2D eigenvalue weighted by Gasteiger charge is -2.29. The maximum atomic E-state index is 12.5. The molecular formula is C18H29N3O4S. The van der Waals surface area contributed by atoms with Gasteiger partial charge in [-0.25, -0.2) is 13.2 Å². The second-order valence-corrected chi connectivity index (χ2v) is 9.03. The van der Waals surface area contributed by atoms with Crippen molar-refractivity contribution in [3.63, 3.8) is 0 Å². The Morgan fingerprint density at radius 2 is 1.96 bits per heavy atom. The quantitative estimate of drug-likeness (QED) is 0.649. The van der Waals surface area contributed by atoms with Gasteiger partial charge in [-0.05, 0) is 39.1 Å². The van der Waals surface area contributed by atoms with Crippen molar-refractivity contribution in [1.29, 1.82) is 0 Å². The first kappa shape index (κ1) is 20.5. The number of amides is 2. The molecule has 0 bridgehead atoms. The summed E-state index contributed by atoms with van der Waals surface area (Å²) in [4.78, 5) is 16.2. The average Bonchev–Trinajstić information content (AvgIpc) is 2.95. The van der Waals surface area contributed by atoms with Crippen LogP contribution in [0.2, 0.25) is 0 Å². The molecule has 1 fully saturated rings. The maximum Gasteiger partial charge on any atom is 0.317 e. The molecule has 7 nitrogen and oxygen atoms in total. The largest absolute Gasteiger partial charge is 0.494 e. The van der Waals surface area contributed by atoms with E-state index < -0.39 is 9.84 Å². The third-order valence-corrected chi connectivity index (χ3v) is 6.06. The minimum absolute atomic E-state index is 0.0605. The van der Waals surface area contributed by atoms with E-state index in [1.54, 1.807) is 4.90 Å². The van der Waals surface area contributed by atoms with Crippen molar-refractivity contribution in [2.24, 2.45) is 0 Å². The summed E-state index contributed by atoms with van der Waals surface area (Å²) in [5.41, 5.74) is 0. The zero-order valence-corrected chi connectivity index (χ0v) is 16.4. The van der Waals surface area contributed by atoms with Crippen LogP contribution in [0.3, 0.4) is 0 Å². The Bertz CT molecular complexity index is 664. The summed E-state index contributed by atoms with van der Waals surface area (Å²) in [6.07, 6.45) is 1.20. The molecule has 1 aliphatic heterocycles. The average molecular weight is 384 g/mol. The number of carbonyl (C=O) groups excluding carboxylic acids is 1. The van der Waals surface area contributed by atoms with Gasteiger partial charge < -0.3 is 19.9 Å². The van der Waals surface area contributed by atoms with Crippen molar-refractivity contribution in [1.82, 2.24) is 15.1 Å². The normalized spacial score (nSPS) is 18.7. The highest BCUT2D eigenvalue weighted by molar-refractivity contribution is 7.91. The van der Waals surface area contributed by atoms with E-state index in [-0.39, 0.29) is 23.6 Å². The molecule has 8 heteroatoms. The highest BCUT2D eigenvalue weighted by Gasteiger charge is 2.34. The Labute approximate surface area is 156 Å². The van der Waals surface area contributed by atoms with Crippen molar-refractivity contribution >= 4 is 15.9 Å². The number of para-hydroxylation sites is 1. The summed E-state index contributed by atoms with van der Waals surface area (Å²) in [5.74, 6) is 1.03. The fourth-order valence-corrected chi connectivity index (χ4v) is 4.59. The van der Waals surface area contributed by atoms with Crippen LogP contribution in [-0.4, -0.2) is 82.1 Å². The predicted molar refractivity (Wildman–Crippen MR) is 102 cm³/mol. The van der Waals surface area contributed by atoms with Crippen LogP contribution in [0, 0.1) is 0 Å². The summed E-state index contributed by atoms with van der Waals surface area (Å²) < 4.78 is 29.1. The molecule has 0 radical (unpaired) electrons. The van der Waals surface area contributed by atoms with Gasteiger partial charge in [0, 0.05) is 25.7 Å². The second kappa shape index (κ2) is 9.78. The Hall–Kier alpha value is -1.80. The number of nitrogens with one attached hydrogen (secondary N) is 1. The fourth-order valence-electron chi connectivity index (χ4n) is 2.85. The number of sulfone groups is 1. The van der Waals surface area contributed by atoms with E-state index in [1.165, 1.54) is 0 Å². The number of hydrogen-bond acceptors (Lipinski definition) is 5. The van der Waals surface area contributed by atoms with Crippen LogP contribution in [0.25, 0.3) is 0 Å². The summed E-state index contributed by atoms with van der Waals surface area (Å²) in [5, 5.41) is 2.89. The molecule has 1 aromatic carbocycles. The molecule has 1 saturated heterocycles. The molecule has 1 aromatic rings. The molecule has 146 valence electrons. The van der Waals surface area contributed by atoms with Crippen molar-refractivity contribution < 1.29 is 17.9 Å². The van der Waals surface area contributed by atoms with Crippen LogP contribution >= 0.6 is 0 Å². The highest BCUT2D eigenvalue weighted by atomic mass is 32.2. The molecule has 1 heterocycles. The van der Waals surface area contributed by atoms with Crippen molar-refractivity contribution in [2.75, 3.05) is 51.8 Å². The minimum atomic E-state index is -3.03. The SMILES string of the molecule is CN(C)CCN(C(=O)NCCCOc1ccccc1)C1CCS(=O)(=O)C1. The van der Waals surface area contributed by atoms with E-state index in [2.05, 4.69) is 5.32 Å². The van der Waals surface area contributed by atoms with E-state index in [9.17, 15) is 13.2 Å². The van der Waals surface area contributed by atoms with Crippen molar-refractivity contribution in [2.45, 2.75) is 18.9 Å². The lowest BCUT2D eigenvalue weighted by atomic mass is 10.2. The standard InChI is InChI=1S/C18H29N3O4S/c1-20(2)11-12-21(16-9-14-26(23,24)15-16)18(22)19-10-6-13-25-17-7-4-3-5-8-17/h3-5,7-8,16H,6,9-15H2,1-2H3,(H,19,22). The molecular weight excluding hydrogens is 354 g/mol. The molecule has 1 aliphatic rings. The molecule has 1 unspecified atom stereocenters. The van der Waals surface area contributed by atoms with Gasteiger partial charge in [-0.3, -0.25) is 0 Å². The number of benzene rings is 1. The first-order valence-corrected chi connectivity index (χ1v) is 10.8. The third kappa shape index (κ3) is 6.84. The van der Waals surface area contributed by atoms with Crippen LogP contribution in [0.4, 0.5) is 4.79 Å². The van der Waals surface area contributed by atoms with Gasteiger partial charge in [0.05, 0.1) is 18.1 Å². The van der Waals surface area contributed by atoms with Crippen LogP contribution in [0.1, 0.15) is 12.8 Å². The summed E-state index contributed by atoms with van der Waals surface area (Å²) in [6.45, 7) is 2.21. The van der Waals surface area contributed by atoms with Gasteiger partial charge in [0.1, 0.15) is 5.75 Å². The van der Waals surface area contributed by atoms with E-state index in [0.717, 1.165) is 5.75 Å². The Morgan fingerprint density at radius 1 is 1.23 bits per heavy atom. The zero-order chi connectivity index (χ0) is 19.0. The van der Waals surface area contributed by atoms with E-state index >= 15 is 0 Å². The van der Waals surface area contributed by atoms with E-state index in [1.807, 2.05) is 49.3 Å². The number of hydrogen-bond donors (Lipinski definition) is 1. The topological polar surface area (TPSA) is 79.0 Å². The Kier molecular flexibility index (Phi) is 7.71. The molecule has 0 saturated carbocycles. The predicted octanol–water partition coefficient (Wildman–Crippen LogP) is 1.22. The molecule has 2 amide bonds. The number of carbonyl (C=O) groups is 1. The smallest absolute Gasteiger partial charge is 0.317 e. The Morgan fingerprint density at radius 3 is 2.58 bits per heavy atom.